The molecule has 0 saturated carbocycles. The van der Waals surface area contributed by atoms with E-state index in [1.807, 2.05) is 0 Å². The van der Waals surface area contributed by atoms with Crippen LogP contribution in [0.3, 0.4) is 0 Å². The topological polar surface area (TPSA) is 35.2 Å². The summed E-state index contributed by atoms with van der Waals surface area (Å²) < 4.78 is 51.1. The van der Waals surface area contributed by atoms with Crippen molar-refractivity contribution in [2.45, 2.75) is 18.5 Å². The minimum Gasteiger partial charge on any atom is -0.300 e. The van der Waals surface area contributed by atoms with Gasteiger partial charge in [-0.2, -0.15) is 0 Å². The standard InChI is InChI=1S/C7H7F4NO/c8-5-1-3-6(12,4-2-5)13-7(9,10)11/h1-3H,4,12H2. The molecule has 1 aliphatic carbocycles. The van der Waals surface area contributed by atoms with Gasteiger partial charge in [0.1, 0.15) is 11.6 Å². The van der Waals surface area contributed by atoms with Crippen LogP contribution in [-0.2, 0) is 4.74 Å². The molecule has 0 amide bonds. The molecule has 0 bridgehead atoms. The highest BCUT2D eigenvalue weighted by molar-refractivity contribution is 5.21. The van der Waals surface area contributed by atoms with Crippen molar-refractivity contribution in [1.82, 2.24) is 0 Å². The van der Waals surface area contributed by atoms with Crippen LogP contribution in [0.15, 0.2) is 24.1 Å². The van der Waals surface area contributed by atoms with E-state index in [-0.39, 0.29) is 6.42 Å². The fraction of sp³-hybridized carbons (Fsp3) is 0.429. The Morgan fingerprint density at radius 3 is 2.46 bits per heavy atom. The van der Waals surface area contributed by atoms with Gasteiger partial charge in [-0.05, 0) is 18.2 Å². The van der Waals surface area contributed by atoms with Gasteiger partial charge in [0.05, 0.1) is 0 Å². The molecule has 0 heterocycles. The second-order valence-corrected chi connectivity index (χ2v) is 2.63. The average Bonchev–Trinajstić information content (AvgIpc) is 1.92. The van der Waals surface area contributed by atoms with Crippen LogP contribution in [0.2, 0.25) is 0 Å². The van der Waals surface area contributed by atoms with Gasteiger partial charge >= 0.3 is 6.36 Å². The van der Waals surface area contributed by atoms with E-state index in [4.69, 9.17) is 5.73 Å². The Balaban J connectivity index is 2.66. The van der Waals surface area contributed by atoms with Gasteiger partial charge < -0.3 is 0 Å². The van der Waals surface area contributed by atoms with Gasteiger partial charge in [0.2, 0.25) is 0 Å². The van der Waals surface area contributed by atoms with Crippen molar-refractivity contribution < 1.29 is 22.3 Å². The molecule has 0 aliphatic heterocycles. The first-order chi connectivity index (χ1) is 5.81. The van der Waals surface area contributed by atoms with E-state index in [2.05, 4.69) is 4.74 Å². The van der Waals surface area contributed by atoms with E-state index in [1.165, 1.54) is 0 Å². The SMILES string of the molecule is NC1(OC(F)(F)F)C=CC(F)=CC1. The number of ether oxygens (including phenoxy) is 1. The van der Waals surface area contributed by atoms with E-state index in [1.54, 1.807) is 0 Å². The van der Waals surface area contributed by atoms with Crippen molar-refractivity contribution in [2.75, 3.05) is 0 Å². The highest BCUT2D eigenvalue weighted by atomic mass is 19.4. The molecule has 0 radical (unpaired) electrons. The van der Waals surface area contributed by atoms with Crippen molar-refractivity contribution in [3.05, 3.63) is 24.1 Å². The zero-order valence-corrected chi connectivity index (χ0v) is 6.44. The van der Waals surface area contributed by atoms with E-state index in [0.717, 1.165) is 18.2 Å². The maximum absolute atomic E-state index is 12.3. The highest BCUT2D eigenvalue weighted by Gasteiger charge is 2.40. The Bertz CT molecular complexity index is 258. The maximum Gasteiger partial charge on any atom is 0.524 e. The molecule has 0 spiro atoms. The van der Waals surface area contributed by atoms with Crippen LogP contribution < -0.4 is 5.73 Å². The van der Waals surface area contributed by atoms with Crippen LogP contribution in [0.4, 0.5) is 17.6 Å². The summed E-state index contributed by atoms with van der Waals surface area (Å²) in [6.45, 7) is 0. The molecule has 1 atom stereocenters. The van der Waals surface area contributed by atoms with E-state index in [9.17, 15) is 17.6 Å². The zero-order valence-electron chi connectivity index (χ0n) is 6.44. The van der Waals surface area contributed by atoms with Crippen LogP contribution in [0, 0.1) is 0 Å². The summed E-state index contributed by atoms with van der Waals surface area (Å²) in [5.74, 6) is -0.619. The lowest BCUT2D eigenvalue weighted by Crippen LogP contribution is -2.45. The Kier molecular flexibility index (Phi) is 2.44. The van der Waals surface area contributed by atoms with Gasteiger partial charge in [-0.25, -0.2) is 4.39 Å². The number of allylic oxidation sites excluding steroid dienone is 2. The second-order valence-electron chi connectivity index (χ2n) is 2.63. The summed E-state index contributed by atoms with van der Waals surface area (Å²) in [4.78, 5) is 0. The van der Waals surface area contributed by atoms with E-state index in [0.29, 0.717) is 0 Å². The Morgan fingerprint density at radius 1 is 1.46 bits per heavy atom. The summed E-state index contributed by atoms with van der Waals surface area (Å²) in [6.07, 6.45) is -2.54. The molecule has 0 fully saturated rings. The summed E-state index contributed by atoms with van der Waals surface area (Å²) in [5.41, 5.74) is 3.19. The number of hydrogen-bond donors (Lipinski definition) is 1. The van der Waals surface area contributed by atoms with Gasteiger partial charge in [-0.15, -0.1) is 13.2 Å². The number of hydrogen-bond acceptors (Lipinski definition) is 2. The first kappa shape index (κ1) is 10.2. The quantitative estimate of drug-likeness (QED) is 0.515. The summed E-state index contributed by atoms with van der Waals surface area (Å²) >= 11 is 0. The molecule has 0 aromatic rings. The molecule has 74 valence electrons. The van der Waals surface area contributed by atoms with Crippen LogP contribution in [-0.4, -0.2) is 12.1 Å². The third-order valence-electron chi connectivity index (χ3n) is 1.45. The lowest BCUT2D eigenvalue weighted by atomic mass is 10.1. The third kappa shape index (κ3) is 3.16. The molecule has 0 saturated heterocycles. The molecule has 1 unspecified atom stereocenters. The Labute approximate surface area is 71.7 Å². The molecular formula is C7H7F4NO. The predicted molar refractivity (Wildman–Crippen MR) is 37.0 cm³/mol. The third-order valence-corrected chi connectivity index (χ3v) is 1.45. The minimum absolute atomic E-state index is 0.338. The molecule has 2 nitrogen and oxygen atoms in total. The first-order valence-corrected chi connectivity index (χ1v) is 3.41. The number of halogens is 4. The van der Waals surface area contributed by atoms with E-state index >= 15 is 0 Å². The van der Waals surface area contributed by atoms with Gasteiger partial charge in [-0.3, -0.25) is 10.5 Å². The average molecular weight is 197 g/mol. The monoisotopic (exact) mass is 197 g/mol. The molecule has 1 aliphatic rings. The molecule has 13 heavy (non-hydrogen) atoms. The van der Waals surface area contributed by atoms with Crippen molar-refractivity contribution in [1.29, 1.82) is 0 Å². The first-order valence-electron chi connectivity index (χ1n) is 3.41. The Hall–Kier alpha value is -0.880. The van der Waals surface area contributed by atoms with Gasteiger partial charge in [-0.1, -0.05) is 0 Å². The largest absolute Gasteiger partial charge is 0.524 e. The minimum atomic E-state index is -4.82. The number of rotatable bonds is 1. The van der Waals surface area contributed by atoms with Crippen molar-refractivity contribution in [3.63, 3.8) is 0 Å². The lowest BCUT2D eigenvalue weighted by Gasteiger charge is -2.27. The molecule has 2 N–H and O–H groups in total. The molecule has 6 heteroatoms. The number of alkyl halides is 3. The van der Waals surface area contributed by atoms with Crippen LogP contribution in [0.5, 0.6) is 0 Å². The second kappa shape index (κ2) is 3.12. The van der Waals surface area contributed by atoms with Crippen LogP contribution in [0.1, 0.15) is 6.42 Å². The van der Waals surface area contributed by atoms with Crippen LogP contribution in [0.25, 0.3) is 0 Å². The maximum atomic E-state index is 12.3. The fourth-order valence-electron chi connectivity index (χ4n) is 0.905. The van der Waals surface area contributed by atoms with Gasteiger partial charge in [0, 0.05) is 6.42 Å². The van der Waals surface area contributed by atoms with Crippen molar-refractivity contribution in [3.8, 4) is 0 Å². The van der Waals surface area contributed by atoms with Gasteiger partial charge in [0.25, 0.3) is 0 Å². The summed E-state index contributed by atoms with van der Waals surface area (Å²) in [6, 6.07) is 0. The molecule has 0 aromatic heterocycles. The molecule has 0 aromatic carbocycles. The highest BCUT2D eigenvalue weighted by Crippen LogP contribution is 2.28. The van der Waals surface area contributed by atoms with Crippen LogP contribution >= 0.6 is 0 Å². The summed E-state index contributed by atoms with van der Waals surface area (Å²) in [5, 5.41) is 0. The predicted octanol–water partition coefficient (Wildman–Crippen LogP) is 1.99. The molecule has 1 rings (SSSR count). The Morgan fingerprint density at radius 2 is 2.08 bits per heavy atom. The van der Waals surface area contributed by atoms with Gasteiger partial charge in [0.15, 0.2) is 0 Å². The lowest BCUT2D eigenvalue weighted by molar-refractivity contribution is -0.357. The van der Waals surface area contributed by atoms with Crippen molar-refractivity contribution >= 4 is 0 Å². The van der Waals surface area contributed by atoms with Crippen molar-refractivity contribution in [2.24, 2.45) is 5.73 Å². The smallest absolute Gasteiger partial charge is 0.300 e. The number of nitrogens with two attached hydrogens (primary N) is 1. The van der Waals surface area contributed by atoms with E-state index < -0.39 is 17.9 Å². The summed E-state index contributed by atoms with van der Waals surface area (Å²) in [7, 11) is 0. The molecular weight excluding hydrogens is 190 g/mol. The normalized spacial score (nSPS) is 28.8. The zero-order chi connectivity index (χ0) is 10.1. The fourth-order valence-corrected chi connectivity index (χ4v) is 0.905.